The molecular formula is C28H15N2. The monoisotopic (exact) mass is 379 g/mol. The summed E-state index contributed by atoms with van der Waals surface area (Å²) < 4.78 is 0. The van der Waals surface area contributed by atoms with Crippen molar-refractivity contribution in [2.24, 2.45) is 0 Å². The molecule has 0 aliphatic heterocycles. The van der Waals surface area contributed by atoms with Gasteiger partial charge in [-0.1, -0.05) is 91.0 Å². The molecule has 0 amide bonds. The first-order valence-electron chi connectivity index (χ1n) is 10.1. The lowest BCUT2D eigenvalue weighted by Gasteiger charge is -2.13. The SMILES string of the molecule is [c]1cccc2c1c1nc3c4ccccc4c4ccccc4c3nc1c1ccccc21. The van der Waals surface area contributed by atoms with Gasteiger partial charge in [0.2, 0.25) is 0 Å². The highest BCUT2D eigenvalue weighted by Crippen LogP contribution is 2.38. The van der Waals surface area contributed by atoms with E-state index in [4.69, 9.17) is 9.97 Å². The molecule has 0 fully saturated rings. The molecule has 0 saturated heterocycles. The molecular weight excluding hydrogens is 364 g/mol. The zero-order chi connectivity index (χ0) is 19.7. The number of nitrogens with zero attached hydrogens (tertiary/aromatic N) is 2. The van der Waals surface area contributed by atoms with E-state index in [9.17, 15) is 0 Å². The molecule has 137 valence electrons. The average molecular weight is 379 g/mol. The largest absolute Gasteiger partial charge is 0.243 e. The second kappa shape index (κ2) is 5.74. The van der Waals surface area contributed by atoms with Crippen LogP contribution in [-0.4, -0.2) is 9.97 Å². The van der Waals surface area contributed by atoms with Crippen LogP contribution in [0.15, 0.2) is 91.0 Å². The van der Waals surface area contributed by atoms with Crippen LogP contribution < -0.4 is 0 Å². The molecule has 0 N–H and O–H groups in total. The summed E-state index contributed by atoms with van der Waals surface area (Å²) in [6, 6.07) is 35.0. The standard InChI is InChI=1S/C28H15N2/c1-5-13-21-17(9-1)18-10-2-6-14-22(18)26-25(21)29-27-23-15-7-3-11-19(23)20-12-4-8-16-24(20)28(27)30-26/h1-15H. The molecule has 0 bridgehead atoms. The lowest BCUT2D eigenvalue weighted by molar-refractivity contribution is 1.44. The Hall–Kier alpha value is -4.04. The zero-order valence-corrected chi connectivity index (χ0v) is 16.1. The quantitative estimate of drug-likeness (QED) is 0.206. The van der Waals surface area contributed by atoms with E-state index in [1.165, 1.54) is 21.5 Å². The smallest absolute Gasteiger partial charge is 0.0986 e. The maximum atomic E-state index is 5.25. The third-order valence-corrected chi connectivity index (χ3v) is 6.12. The Morgan fingerprint density at radius 3 is 1.37 bits per heavy atom. The molecule has 2 heteroatoms. The third-order valence-electron chi connectivity index (χ3n) is 6.12. The van der Waals surface area contributed by atoms with E-state index in [2.05, 4.69) is 84.9 Å². The first-order valence-corrected chi connectivity index (χ1v) is 10.1. The van der Waals surface area contributed by atoms with Crippen molar-refractivity contribution < 1.29 is 0 Å². The van der Waals surface area contributed by atoms with Crippen molar-refractivity contribution in [3.63, 3.8) is 0 Å². The summed E-state index contributed by atoms with van der Waals surface area (Å²) in [5, 5.41) is 9.22. The normalized spacial score (nSPS) is 12.0. The van der Waals surface area contributed by atoms with Crippen LogP contribution in [0, 0.1) is 6.07 Å². The summed E-state index contributed by atoms with van der Waals surface area (Å²) in [4.78, 5) is 10.5. The summed E-state index contributed by atoms with van der Waals surface area (Å²) >= 11 is 0. The maximum absolute atomic E-state index is 5.25. The highest BCUT2D eigenvalue weighted by atomic mass is 14.8. The van der Waals surface area contributed by atoms with E-state index in [1.807, 2.05) is 12.1 Å². The first kappa shape index (κ1) is 15.8. The predicted molar refractivity (Wildman–Crippen MR) is 126 cm³/mol. The van der Waals surface area contributed by atoms with Gasteiger partial charge in [-0.15, -0.1) is 0 Å². The summed E-state index contributed by atoms with van der Waals surface area (Å²) in [5.74, 6) is 0. The van der Waals surface area contributed by atoms with E-state index in [0.29, 0.717) is 0 Å². The molecule has 6 aromatic carbocycles. The van der Waals surface area contributed by atoms with E-state index < -0.39 is 0 Å². The van der Waals surface area contributed by atoms with Gasteiger partial charge >= 0.3 is 0 Å². The van der Waals surface area contributed by atoms with Gasteiger partial charge in [0.05, 0.1) is 22.1 Å². The second-order valence-electron chi connectivity index (χ2n) is 7.71. The Labute approximate surface area is 172 Å². The summed E-state index contributed by atoms with van der Waals surface area (Å²) in [7, 11) is 0. The molecule has 2 nitrogen and oxygen atoms in total. The molecule has 30 heavy (non-hydrogen) atoms. The van der Waals surface area contributed by atoms with Gasteiger partial charge in [-0.05, 0) is 27.6 Å². The Balaban J connectivity index is 1.86. The van der Waals surface area contributed by atoms with Crippen molar-refractivity contribution in [1.29, 1.82) is 0 Å². The molecule has 1 aromatic heterocycles. The average Bonchev–Trinajstić information content (AvgIpc) is 2.83. The number of benzene rings is 6. The Morgan fingerprint density at radius 1 is 0.400 bits per heavy atom. The van der Waals surface area contributed by atoms with E-state index in [-0.39, 0.29) is 0 Å². The lowest BCUT2D eigenvalue weighted by atomic mass is 9.97. The molecule has 0 saturated carbocycles. The maximum Gasteiger partial charge on any atom is 0.0986 e. The van der Waals surface area contributed by atoms with Gasteiger partial charge in [-0.2, -0.15) is 0 Å². The third kappa shape index (κ3) is 1.98. The van der Waals surface area contributed by atoms with Gasteiger partial charge in [0.1, 0.15) is 0 Å². The minimum atomic E-state index is 0.914. The Bertz CT molecular complexity index is 1530. The van der Waals surface area contributed by atoms with E-state index in [0.717, 1.165) is 43.6 Å². The van der Waals surface area contributed by atoms with Gasteiger partial charge in [0.25, 0.3) is 0 Å². The van der Waals surface area contributed by atoms with Crippen molar-refractivity contribution in [2.45, 2.75) is 0 Å². The second-order valence-corrected chi connectivity index (χ2v) is 7.71. The predicted octanol–water partition coefficient (Wildman–Crippen LogP) is 7.20. The van der Waals surface area contributed by atoms with Crippen molar-refractivity contribution in [3.8, 4) is 0 Å². The van der Waals surface area contributed by atoms with Gasteiger partial charge in [0.15, 0.2) is 0 Å². The van der Waals surface area contributed by atoms with Crippen LogP contribution >= 0.6 is 0 Å². The fourth-order valence-electron chi connectivity index (χ4n) is 4.80. The number of hydrogen-bond acceptors (Lipinski definition) is 2. The molecule has 0 aliphatic carbocycles. The van der Waals surface area contributed by atoms with Crippen LogP contribution in [0.1, 0.15) is 0 Å². The highest BCUT2D eigenvalue weighted by molar-refractivity contribution is 6.28. The highest BCUT2D eigenvalue weighted by Gasteiger charge is 2.15. The van der Waals surface area contributed by atoms with Crippen molar-refractivity contribution in [3.05, 3.63) is 97.1 Å². The van der Waals surface area contributed by atoms with Gasteiger partial charge < -0.3 is 0 Å². The first-order chi connectivity index (χ1) is 14.9. The van der Waals surface area contributed by atoms with Crippen molar-refractivity contribution in [2.75, 3.05) is 0 Å². The molecule has 0 aliphatic rings. The molecule has 7 aromatic rings. The molecule has 0 spiro atoms. The summed E-state index contributed by atoms with van der Waals surface area (Å²) in [6.07, 6.45) is 0. The molecule has 1 heterocycles. The van der Waals surface area contributed by atoms with Crippen LogP contribution in [0.25, 0.3) is 65.2 Å². The number of hydrogen-bond donors (Lipinski definition) is 0. The Kier molecular flexibility index (Phi) is 3.03. The van der Waals surface area contributed by atoms with Crippen LogP contribution in [0.5, 0.6) is 0 Å². The van der Waals surface area contributed by atoms with Crippen LogP contribution in [-0.2, 0) is 0 Å². The lowest BCUT2D eigenvalue weighted by Crippen LogP contribution is -1.94. The zero-order valence-electron chi connectivity index (χ0n) is 16.1. The van der Waals surface area contributed by atoms with Crippen LogP contribution in [0.2, 0.25) is 0 Å². The summed E-state index contributed by atoms with van der Waals surface area (Å²) in [6.45, 7) is 0. The number of fused-ring (bicyclic) bond motifs is 12. The number of rotatable bonds is 0. The summed E-state index contributed by atoms with van der Waals surface area (Å²) in [5.41, 5.74) is 3.76. The topological polar surface area (TPSA) is 25.8 Å². The molecule has 7 rings (SSSR count). The minimum absolute atomic E-state index is 0.914. The fourth-order valence-corrected chi connectivity index (χ4v) is 4.80. The molecule has 0 unspecified atom stereocenters. The van der Waals surface area contributed by atoms with Crippen molar-refractivity contribution in [1.82, 2.24) is 9.97 Å². The fraction of sp³-hybridized carbons (Fsp3) is 0. The Morgan fingerprint density at radius 2 is 0.800 bits per heavy atom. The minimum Gasteiger partial charge on any atom is -0.243 e. The van der Waals surface area contributed by atoms with Gasteiger partial charge in [0, 0.05) is 21.5 Å². The van der Waals surface area contributed by atoms with Gasteiger partial charge in [-0.25, -0.2) is 9.97 Å². The number of aromatic nitrogens is 2. The molecule has 0 atom stereocenters. The van der Waals surface area contributed by atoms with Crippen molar-refractivity contribution >= 4 is 65.2 Å². The van der Waals surface area contributed by atoms with Gasteiger partial charge in [-0.3, -0.25) is 0 Å². The van der Waals surface area contributed by atoms with E-state index >= 15 is 0 Å². The van der Waals surface area contributed by atoms with E-state index in [1.54, 1.807) is 0 Å². The van der Waals surface area contributed by atoms with Crippen LogP contribution in [0.4, 0.5) is 0 Å². The van der Waals surface area contributed by atoms with Crippen LogP contribution in [0.3, 0.4) is 0 Å². The molecule has 1 radical (unpaired) electrons.